The molecule has 1 fully saturated rings. The highest BCUT2D eigenvalue weighted by atomic mass is 35.5. The van der Waals surface area contributed by atoms with E-state index in [4.69, 9.17) is 21.1 Å². The molecule has 0 saturated carbocycles. The number of hydrogen-bond donors (Lipinski definition) is 1. The van der Waals surface area contributed by atoms with Gasteiger partial charge in [-0.05, 0) is 11.6 Å². The molecule has 0 spiro atoms. The molecule has 14 heavy (non-hydrogen) atoms. The van der Waals surface area contributed by atoms with Crippen molar-refractivity contribution in [2.24, 2.45) is 0 Å². The van der Waals surface area contributed by atoms with Crippen molar-refractivity contribution >= 4 is 17.4 Å². The summed E-state index contributed by atoms with van der Waals surface area (Å²) in [6.07, 6.45) is 1.54. The van der Waals surface area contributed by atoms with Crippen LogP contribution in [0.2, 0.25) is 5.28 Å². The summed E-state index contributed by atoms with van der Waals surface area (Å²) >= 11 is 5.67. The lowest BCUT2D eigenvalue weighted by Gasteiger charge is -2.27. The molecule has 0 radical (unpaired) electrons. The maximum Gasteiger partial charge on any atom is 0.224 e. The zero-order valence-corrected chi connectivity index (χ0v) is 8.41. The molecule has 1 aliphatic rings. The molecule has 0 unspecified atom stereocenters. The Labute approximate surface area is 86.4 Å². The first-order chi connectivity index (χ1) is 6.79. The van der Waals surface area contributed by atoms with Gasteiger partial charge in [-0.3, -0.25) is 0 Å². The quantitative estimate of drug-likeness (QED) is 0.761. The summed E-state index contributed by atoms with van der Waals surface area (Å²) in [6.45, 7) is 1.37. The largest absolute Gasteiger partial charge is 0.491 e. The highest BCUT2D eigenvalue weighted by Gasteiger charge is 2.20. The van der Waals surface area contributed by atoms with Gasteiger partial charge in [-0.2, -0.15) is 4.98 Å². The molecule has 0 amide bonds. The zero-order valence-electron chi connectivity index (χ0n) is 7.66. The van der Waals surface area contributed by atoms with Crippen LogP contribution in [-0.2, 0) is 4.74 Å². The maximum absolute atomic E-state index is 5.67. The third kappa shape index (κ3) is 1.88. The van der Waals surface area contributed by atoms with Gasteiger partial charge < -0.3 is 14.8 Å². The lowest BCUT2D eigenvalue weighted by molar-refractivity contribution is 0.0208. The Morgan fingerprint density at radius 1 is 1.64 bits per heavy atom. The van der Waals surface area contributed by atoms with Gasteiger partial charge in [0.25, 0.3) is 0 Å². The summed E-state index contributed by atoms with van der Waals surface area (Å²) < 4.78 is 10.1. The van der Waals surface area contributed by atoms with Crippen LogP contribution in [0.1, 0.15) is 0 Å². The van der Waals surface area contributed by atoms with Gasteiger partial charge in [0.05, 0.1) is 32.6 Å². The second kappa shape index (κ2) is 3.98. The second-order valence-electron chi connectivity index (χ2n) is 2.93. The van der Waals surface area contributed by atoms with Crippen molar-refractivity contribution in [2.45, 2.75) is 6.04 Å². The molecule has 1 N–H and O–H groups in total. The topological polar surface area (TPSA) is 56.3 Å². The van der Waals surface area contributed by atoms with Crippen molar-refractivity contribution < 1.29 is 9.47 Å². The van der Waals surface area contributed by atoms with Crippen LogP contribution in [0, 0.1) is 0 Å². The van der Waals surface area contributed by atoms with Crippen molar-refractivity contribution in [3.05, 3.63) is 11.5 Å². The summed E-state index contributed by atoms with van der Waals surface area (Å²) in [6, 6.07) is 0.287. The Kier molecular flexibility index (Phi) is 2.69. The molecule has 2 rings (SSSR count). The molecule has 0 aromatic carbocycles. The van der Waals surface area contributed by atoms with Crippen LogP contribution in [0.4, 0.5) is 5.82 Å². The fourth-order valence-electron chi connectivity index (χ4n) is 1.11. The van der Waals surface area contributed by atoms with E-state index in [1.807, 2.05) is 0 Å². The zero-order chi connectivity index (χ0) is 9.97. The summed E-state index contributed by atoms with van der Waals surface area (Å²) in [7, 11) is 1.56. The molecule has 0 bridgehead atoms. The van der Waals surface area contributed by atoms with Crippen LogP contribution < -0.4 is 10.1 Å². The van der Waals surface area contributed by atoms with E-state index in [0.29, 0.717) is 24.8 Å². The van der Waals surface area contributed by atoms with E-state index in [1.165, 1.54) is 6.20 Å². The number of halogens is 1. The van der Waals surface area contributed by atoms with E-state index in [1.54, 1.807) is 7.11 Å². The third-order valence-electron chi connectivity index (χ3n) is 1.92. The first-order valence-corrected chi connectivity index (χ1v) is 4.58. The van der Waals surface area contributed by atoms with Gasteiger partial charge in [-0.1, -0.05) is 0 Å². The summed E-state index contributed by atoms with van der Waals surface area (Å²) in [5.74, 6) is 1.20. The average molecular weight is 216 g/mol. The van der Waals surface area contributed by atoms with Crippen LogP contribution in [0.3, 0.4) is 0 Å². The van der Waals surface area contributed by atoms with Gasteiger partial charge in [0.2, 0.25) is 5.28 Å². The van der Waals surface area contributed by atoms with Crippen molar-refractivity contribution in [3.8, 4) is 5.75 Å². The fraction of sp³-hybridized carbons (Fsp3) is 0.500. The number of nitrogens with one attached hydrogen (secondary N) is 1. The van der Waals surface area contributed by atoms with Gasteiger partial charge in [0.1, 0.15) is 0 Å². The number of methoxy groups -OCH3 is 1. The molecule has 1 saturated heterocycles. The lowest BCUT2D eigenvalue weighted by Crippen LogP contribution is -2.40. The molecule has 1 aromatic heterocycles. The Bertz CT molecular complexity index is 330. The highest BCUT2D eigenvalue weighted by Crippen LogP contribution is 2.23. The minimum Gasteiger partial charge on any atom is -0.491 e. The predicted molar refractivity (Wildman–Crippen MR) is 51.8 cm³/mol. The molecular weight excluding hydrogens is 206 g/mol. The minimum atomic E-state index is 0.202. The van der Waals surface area contributed by atoms with E-state index in [9.17, 15) is 0 Å². The van der Waals surface area contributed by atoms with E-state index in [0.717, 1.165) is 0 Å². The Balaban J connectivity index is 2.15. The van der Waals surface area contributed by atoms with E-state index in [-0.39, 0.29) is 11.3 Å². The second-order valence-corrected chi connectivity index (χ2v) is 3.27. The number of aromatic nitrogens is 2. The van der Waals surface area contributed by atoms with Crippen LogP contribution in [0.15, 0.2) is 6.20 Å². The summed E-state index contributed by atoms with van der Waals surface area (Å²) in [4.78, 5) is 7.85. The fourth-order valence-corrected chi connectivity index (χ4v) is 1.25. The van der Waals surface area contributed by atoms with Crippen molar-refractivity contribution in [2.75, 3.05) is 25.6 Å². The third-order valence-corrected chi connectivity index (χ3v) is 2.11. The Hall–Kier alpha value is -1.07. The Morgan fingerprint density at radius 3 is 3.00 bits per heavy atom. The molecular formula is C8H10ClN3O2. The number of rotatable bonds is 3. The molecule has 76 valence electrons. The smallest absolute Gasteiger partial charge is 0.224 e. The van der Waals surface area contributed by atoms with Crippen molar-refractivity contribution in [1.82, 2.24) is 9.97 Å². The number of anilines is 1. The first kappa shape index (κ1) is 9.48. The van der Waals surface area contributed by atoms with Gasteiger partial charge >= 0.3 is 0 Å². The summed E-state index contributed by atoms with van der Waals surface area (Å²) in [5.41, 5.74) is 0. The van der Waals surface area contributed by atoms with Crippen LogP contribution >= 0.6 is 11.6 Å². The SMILES string of the molecule is COc1cnc(Cl)nc1NC1COC1. The van der Waals surface area contributed by atoms with Gasteiger partial charge in [-0.15, -0.1) is 0 Å². The lowest BCUT2D eigenvalue weighted by atomic mass is 10.2. The van der Waals surface area contributed by atoms with Gasteiger partial charge in [-0.25, -0.2) is 4.98 Å². The van der Waals surface area contributed by atoms with Gasteiger partial charge in [0, 0.05) is 0 Å². The predicted octanol–water partition coefficient (Wildman–Crippen LogP) is 0.949. The highest BCUT2D eigenvalue weighted by molar-refractivity contribution is 6.28. The molecule has 0 aliphatic carbocycles. The Morgan fingerprint density at radius 2 is 2.43 bits per heavy atom. The number of ether oxygens (including phenoxy) is 2. The number of nitrogens with zero attached hydrogens (tertiary/aromatic N) is 2. The monoisotopic (exact) mass is 215 g/mol. The van der Waals surface area contributed by atoms with Crippen LogP contribution in [0.5, 0.6) is 5.75 Å². The van der Waals surface area contributed by atoms with Crippen molar-refractivity contribution in [3.63, 3.8) is 0 Å². The van der Waals surface area contributed by atoms with E-state index in [2.05, 4.69) is 15.3 Å². The van der Waals surface area contributed by atoms with Crippen molar-refractivity contribution in [1.29, 1.82) is 0 Å². The molecule has 6 heteroatoms. The average Bonchev–Trinajstić information content (AvgIpc) is 2.12. The van der Waals surface area contributed by atoms with E-state index >= 15 is 0 Å². The van der Waals surface area contributed by atoms with Crippen LogP contribution in [-0.4, -0.2) is 36.3 Å². The van der Waals surface area contributed by atoms with E-state index < -0.39 is 0 Å². The standard InChI is InChI=1S/C8H10ClN3O2/c1-13-6-2-10-8(9)12-7(6)11-5-3-14-4-5/h2,5H,3-4H2,1H3,(H,10,11,12). The maximum atomic E-state index is 5.67. The first-order valence-electron chi connectivity index (χ1n) is 4.20. The summed E-state index contributed by atoms with van der Waals surface area (Å²) in [5, 5.41) is 3.36. The molecule has 0 atom stereocenters. The number of hydrogen-bond acceptors (Lipinski definition) is 5. The normalized spacial score (nSPS) is 16.1. The molecule has 1 aromatic rings. The minimum absolute atomic E-state index is 0.202. The van der Waals surface area contributed by atoms with Crippen LogP contribution in [0.25, 0.3) is 0 Å². The molecule has 5 nitrogen and oxygen atoms in total. The molecule has 2 heterocycles. The van der Waals surface area contributed by atoms with Gasteiger partial charge in [0.15, 0.2) is 11.6 Å². The molecule has 1 aliphatic heterocycles.